The maximum Gasteiger partial charge on any atom is 0.141 e. The fourth-order valence-corrected chi connectivity index (χ4v) is 3.77. The Labute approximate surface area is 182 Å². The van der Waals surface area contributed by atoms with E-state index in [1.807, 2.05) is 48.7 Å². The van der Waals surface area contributed by atoms with E-state index in [0.29, 0.717) is 28.7 Å². The Morgan fingerprint density at radius 2 is 1.56 bits per heavy atom. The number of aromatic amines is 2. The lowest BCUT2D eigenvalue weighted by Crippen LogP contribution is -1.88. The molecule has 0 saturated heterocycles. The van der Waals surface area contributed by atoms with Gasteiger partial charge in [0, 0.05) is 34.3 Å². The number of methoxy groups -OCH3 is 2. The lowest BCUT2D eigenvalue weighted by atomic mass is 10.0. The van der Waals surface area contributed by atoms with E-state index in [1.54, 1.807) is 14.2 Å². The minimum Gasteiger partial charge on any atom is -0.497 e. The highest BCUT2D eigenvalue weighted by Gasteiger charge is 2.20. The van der Waals surface area contributed by atoms with Crippen molar-refractivity contribution in [2.45, 2.75) is 0 Å². The first kappa shape index (κ1) is 19.8. The number of nitrogens with zero attached hydrogens (tertiary/aromatic N) is 1. The number of aromatic nitrogens is 3. The zero-order valence-corrected chi connectivity index (χ0v) is 17.4. The van der Waals surface area contributed by atoms with E-state index >= 15 is 0 Å². The fourth-order valence-electron chi connectivity index (χ4n) is 3.77. The molecule has 0 atom stereocenters. The Balaban J connectivity index is 1.74. The highest BCUT2D eigenvalue weighted by atomic mass is 19.1. The van der Waals surface area contributed by atoms with Gasteiger partial charge in [-0.3, -0.25) is 0 Å². The van der Waals surface area contributed by atoms with E-state index in [1.165, 1.54) is 12.1 Å². The van der Waals surface area contributed by atoms with Crippen LogP contribution in [-0.4, -0.2) is 29.2 Å². The second-order valence-corrected chi connectivity index (χ2v) is 7.28. The van der Waals surface area contributed by atoms with Gasteiger partial charge in [-0.2, -0.15) is 0 Å². The van der Waals surface area contributed by atoms with Gasteiger partial charge in [0.25, 0.3) is 0 Å². The molecule has 2 N–H and O–H groups in total. The Kier molecular flexibility index (Phi) is 4.86. The molecule has 2 aromatic heterocycles. The number of hydrogen-bond acceptors (Lipinski definition) is 3. The van der Waals surface area contributed by atoms with Crippen LogP contribution < -0.4 is 9.47 Å². The molecule has 0 radical (unpaired) electrons. The zero-order valence-electron chi connectivity index (χ0n) is 17.4. The summed E-state index contributed by atoms with van der Waals surface area (Å²) in [6, 6.07) is 16.6. The van der Waals surface area contributed by atoms with E-state index in [9.17, 15) is 8.78 Å². The monoisotopic (exact) mass is 431 g/mol. The number of benzene rings is 3. The molecule has 7 heteroatoms. The molecule has 3 aromatic carbocycles. The second kappa shape index (κ2) is 7.85. The van der Waals surface area contributed by atoms with Crippen LogP contribution in [0.2, 0.25) is 0 Å². The Hall–Kier alpha value is -4.13. The minimum absolute atomic E-state index is 0.185. The van der Waals surface area contributed by atoms with Crippen molar-refractivity contribution in [3.05, 3.63) is 78.5 Å². The molecule has 0 aliphatic heterocycles. The fraction of sp³-hybridized carbons (Fsp3) is 0.0800. The Morgan fingerprint density at radius 1 is 0.812 bits per heavy atom. The van der Waals surface area contributed by atoms with Gasteiger partial charge in [0.1, 0.15) is 29.0 Å². The lowest BCUT2D eigenvalue weighted by Gasteiger charge is -2.05. The van der Waals surface area contributed by atoms with Gasteiger partial charge < -0.3 is 19.4 Å². The molecule has 32 heavy (non-hydrogen) atoms. The van der Waals surface area contributed by atoms with Crippen LogP contribution >= 0.6 is 0 Å². The number of imidazole rings is 1. The Morgan fingerprint density at radius 3 is 2.28 bits per heavy atom. The molecule has 0 saturated carbocycles. The van der Waals surface area contributed by atoms with Crippen LogP contribution in [-0.2, 0) is 0 Å². The maximum absolute atomic E-state index is 14.5. The third-order valence-electron chi connectivity index (χ3n) is 5.41. The smallest absolute Gasteiger partial charge is 0.141 e. The third kappa shape index (κ3) is 3.37. The first-order chi connectivity index (χ1) is 15.6. The number of fused-ring (bicyclic) bond motifs is 1. The average Bonchev–Trinajstić information content (AvgIpc) is 3.43. The molecule has 0 fully saturated rings. The van der Waals surface area contributed by atoms with Gasteiger partial charge in [-0.05, 0) is 54.6 Å². The molecule has 0 bridgehead atoms. The van der Waals surface area contributed by atoms with Gasteiger partial charge in [-0.25, -0.2) is 13.8 Å². The van der Waals surface area contributed by atoms with Crippen molar-refractivity contribution in [2.75, 3.05) is 14.2 Å². The van der Waals surface area contributed by atoms with Gasteiger partial charge in [-0.1, -0.05) is 0 Å². The topological polar surface area (TPSA) is 62.9 Å². The predicted octanol–water partition coefficient (Wildman–Crippen LogP) is 6.19. The largest absolute Gasteiger partial charge is 0.497 e. The van der Waals surface area contributed by atoms with Crippen LogP contribution in [0.3, 0.4) is 0 Å². The van der Waals surface area contributed by atoms with Crippen molar-refractivity contribution in [2.24, 2.45) is 0 Å². The van der Waals surface area contributed by atoms with Crippen molar-refractivity contribution in [1.82, 2.24) is 15.0 Å². The highest BCUT2D eigenvalue weighted by Crippen LogP contribution is 2.38. The first-order valence-electron chi connectivity index (χ1n) is 9.92. The van der Waals surface area contributed by atoms with Crippen LogP contribution in [0.25, 0.3) is 44.8 Å². The quantitative estimate of drug-likeness (QED) is 0.349. The number of rotatable bonds is 5. The number of halogens is 2. The summed E-state index contributed by atoms with van der Waals surface area (Å²) in [4.78, 5) is 11.2. The molecule has 5 aromatic rings. The molecule has 2 heterocycles. The standard InChI is InChI=1S/C25H19F2N3O2/c1-31-16-6-3-14(4-7-16)23-24(20-13-28-22-10-8-17(32-2)12-19(20)22)30-25(29-23)18-9-5-15(26)11-21(18)27/h3-13,28H,1-2H3,(H,29,30). The van der Waals surface area contributed by atoms with Crippen LogP contribution in [0.1, 0.15) is 0 Å². The SMILES string of the molecule is COc1ccc(-c2nc(-c3ccc(F)cc3F)[nH]c2-c2c[nH]c3ccc(OC)cc23)cc1. The summed E-state index contributed by atoms with van der Waals surface area (Å²) in [5.74, 6) is 0.408. The molecular formula is C25H19F2N3O2. The number of ether oxygens (including phenoxy) is 2. The van der Waals surface area contributed by atoms with E-state index < -0.39 is 11.6 Å². The van der Waals surface area contributed by atoms with E-state index in [2.05, 4.69) is 9.97 Å². The van der Waals surface area contributed by atoms with Gasteiger partial charge in [0.2, 0.25) is 0 Å². The van der Waals surface area contributed by atoms with Crippen molar-refractivity contribution in [3.63, 3.8) is 0 Å². The van der Waals surface area contributed by atoms with Crippen LogP contribution in [0.15, 0.2) is 66.9 Å². The molecule has 0 unspecified atom stereocenters. The molecule has 0 aliphatic rings. The number of nitrogens with one attached hydrogen (secondary N) is 2. The summed E-state index contributed by atoms with van der Waals surface area (Å²) in [6.45, 7) is 0. The summed E-state index contributed by atoms with van der Waals surface area (Å²) in [6.07, 6.45) is 1.87. The van der Waals surface area contributed by atoms with E-state index in [-0.39, 0.29) is 5.56 Å². The summed E-state index contributed by atoms with van der Waals surface area (Å²) < 4.78 is 38.6. The van der Waals surface area contributed by atoms with E-state index in [0.717, 1.165) is 28.1 Å². The zero-order chi connectivity index (χ0) is 22.2. The number of H-pyrrole nitrogens is 2. The normalized spacial score (nSPS) is 11.1. The number of hydrogen-bond donors (Lipinski definition) is 2. The minimum atomic E-state index is -0.688. The molecule has 0 spiro atoms. The van der Waals surface area contributed by atoms with Crippen LogP contribution in [0, 0.1) is 11.6 Å². The van der Waals surface area contributed by atoms with Gasteiger partial charge in [0.15, 0.2) is 0 Å². The van der Waals surface area contributed by atoms with Crippen LogP contribution in [0.5, 0.6) is 11.5 Å². The van der Waals surface area contributed by atoms with Crippen molar-refractivity contribution in [1.29, 1.82) is 0 Å². The first-order valence-corrected chi connectivity index (χ1v) is 9.92. The molecule has 0 amide bonds. The lowest BCUT2D eigenvalue weighted by molar-refractivity contribution is 0.415. The molecule has 5 rings (SSSR count). The maximum atomic E-state index is 14.5. The van der Waals surface area contributed by atoms with E-state index in [4.69, 9.17) is 14.5 Å². The highest BCUT2D eigenvalue weighted by molar-refractivity contribution is 5.99. The van der Waals surface area contributed by atoms with Crippen molar-refractivity contribution >= 4 is 10.9 Å². The van der Waals surface area contributed by atoms with Gasteiger partial charge >= 0.3 is 0 Å². The average molecular weight is 431 g/mol. The molecular weight excluding hydrogens is 412 g/mol. The predicted molar refractivity (Wildman–Crippen MR) is 120 cm³/mol. The van der Waals surface area contributed by atoms with Crippen LogP contribution in [0.4, 0.5) is 8.78 Å². The summed E-state index contributed by atoms with van der Waals surface area (Å²) in [5, 5.41) is 0.925. The summed E-state index contributed by atoms with van der Waals surface area (Å²) in [5.41, 5.74) is 4.12. The van der Waals surface area contributed by atoms with Crippen molar-refractivity contribution in [3.8, 4) is 45.4 Å². The van der Waals surface area contributed by atoms with Gasteiger partial charge in [0.05, 0.1) is 31.2 Å². The molecule has 5 nitrogen and oxygen atoms in total. The summed E-state index contributed by atoms with van der Waals surface area (Å²) in [7, 11) is 3.21. The Bertz CT molecular complexity index is 1420. The van der Waals surface area contributed by atoms with Gasteiger partial charge in [-0.15, -0.1) is 0 Å². The summed E-state index contributed by atoms with van der Waals surface area (Å²) >= 11 is 0. The van der Waals surface area contributed by atoms with Crippen molar-refractivity contribution < 1.29 is 18.3 Å². The molecule has 160 valence electrons. The third-order valence-corrected chi connectivity index (χ3v) is 5.41. The molecule has 0 aliphatic carbocycles. The second-order valence-electron chi connectivity index (χ2n) is 7.28.